The van der Waals surface area contributed by atoms with E-state index in [9.17, 15) is 4.39 Å². The molecule has 3 rings (SSSR count). The maximum Gasteiger partial charge on any atom is 0.126 e. The largest absolute Gasteiger partial charge is 0.379 e. The van der Waals surface area contributed by atoms with Crippen LogP contribution in [0.15, 0.2) is 12.1 Å². The molecule has 0 unspecified atom stereocenters. The van der Waals surface area contributed by atoms with Crippen LogP contribution >= 0.6 is 11.6 Å². The van der Waals surface area contributed by atoms with Gasteiger partial charge in [-0.3, -0.25) is 0 Å². The number of ether oxygens (including phenoxy) is 1. The molecule has 0 radical (unpaired) electrons. The van der Waals surface area contributed by atoms with Gasteiger partial charge in [-0.1, -0.05) is 11.6 Å². The summed E-state index contributed by atoms with van der Waals surface area (Å²) in [7, 11) is 0. The monoisotopic (exact) mass is 255 g/mol. The van der Waals surface area contributed by atoms with Crippen molar-refractivity contribution in [3.8, 4) is 0 Å². The topological polar surface area (TPSA) is 21.3 Å². The lowest BCUT2D eigenvalue weighted by molar-refractivity contribution is -0.101. The third-order valence-corrected chi connectivity index (χ3v) is 4.38. The van der Waals surface area contributed by atoms with Gasteiger partial charge in [0, 0.05) is 23.5 Å². The van der Waals surface area contributed by atoms with Gasteiger partial charge in [-0.15, -0.1) is 0 Å². The zero-order chi connectivity index (χ0) is 12.0. The molecular formula is C13H15ClFNO. The van der Waals surface area contributed by atoms with Gasteiger partial charge in [0.1, 0.15) is 5.82 Å². The lowest BCUT2D eigenvalue weighted by Gasteiger charge is -2.51. The third kappa shape index (κ3) is 1.60. The summed E-state index contributed by atoms with van der Waals surface area (Å²) >= 11 is 6.28. The summed E-state index contributed by atoms with van der Waals surface area (Å²) in [4.78, 5) is 0. The quantitative estimate of drug-likeness (QED) is 0.876. The predicted molar refractivity (Wildman–Crippen MR) is 65.0 cm³/mol. The average Bonchev–Trinajstić information content (AvgIpc) is 2.15. The highest BCUT2D eigenvalue weighted by Crippen LogP contribution is 2.44. The van der Waals surface area contributed by atoms with Crippen molar-refractivity contribution in [3.05, 3.63) is 34.1 Å². The van der Waals surface area contributed by atoms with Crippen LogP contribution in [0, 0.1) is 18.7 Å². The van der Waals surface area contributed by atoms with Crippen LogP contribution < -0.4 is 5.32 Å². The summed E-state index contributed by atoms with van der Waals surface area (Å²) in [6.45, 7) is 4.98. The molecule has 1 aromatic carbocycles. The summed E-state index contributed by atoms with van der Waals surface area (Å²) in [6, 6.07) is 3.32. The van der Waals surface area contributed by atoms with E-state index in [0.29, 0.717) is 29.7 Å². The highest BCUT2D eigenvalue weighted by molar-refractivity contribution is 6.31. The van der Waals surface area contributed by atoms with Crippen molar-refractivity contribution in [3.63, 3.8) is 0 Å². The van der Waals surface area contributed by atoms with E-state index in [1.165, 1.54) is 0 Å². The van der Waals surface area contributed by atoms with Crippen LogP contribution in [-0.2, 0) is 10.2 Å². The van der Waals surface area contributed by atoms with Gasteiger partial charge in [-0.25, -0.2) is 4.39 Å². The van der Waals surface area contributed by atoms with Crippen LogP contribution in [0.3, 0.4) is 0 Å². The molecule has 0 spiro atoms. The minimum absolute atomic E-state index is 0.0725. The molecule has 0 aromatic heterocycles. The zero-order valence-electron chi connectivity index (χ0n) is 9.72. The maximum atomic E-state index is 13.7. The number of nitrogens with one attached hydrogen (secondary N) is 1. The van der Waals surface area contributed by atoms with Crippen molar-refractivity contribution < 1.29 is 9.13 Å². The number of hydrogen-bond donors (Lipinski definition) is 1. The number of aryl methyl sites for hydroxylation is 1. The molecule has 2 fully saturated rings. The first kappa shape index (κ1) is 11.5. The van der Waals surface area contributed by atoms with Gasteiger partial charge in [-0.05, 0) is 36.1 Å². The fourth-order valence-electron chi connectivity index (χ4n) is 2.64. The number of rotatable bonds is 2. The summed E-state index contributed by atoms with van der Waals surface area (Å²) in [6.07, 6.45) is 0. The van der Waals surface area contributed by atoms with E-state index in [0.717, 1.165) is 18.7 Å². The first-order valence-electron chi connectivity index (χ1n) is 5.88. The highest BCUT2D eigenvalue weighted by Gasteiger charge is 2.50. The number of halogens is 2. The Labute approximate surface area is 105 Å². The fourth-order valence-corrected chi connectivity index (χ4v) is 3.05. The molecule has 0 aliphatic carbocycles. The van der Waals surface area contributed by atoms with Gasteiger partial charge >= 0.3 is 0 Å². The Hall–Kier alpha value is -0.640. The Bertz CT molecular complexity index is 455. The molecule has 0 saturated carbocycles. The molecule has 4 heteroatoms. The summed E-state index contributed by atoms with van der Waals surface area (Å²) in [5.41, 5.74) is 1.44. The molecule has 1 N–H and O–H groups in total. The van der Waals surface area contributed by atoms with E-state index >= 15 is 0 Å². The minimum atomic E-state index is -0.178. The predicted octanol–water partition coefficient (Wildman–Crippen LogP) is 2.27. The normalized spacial score (nSPS) is 23.0. The molecule has 2 aliphatic rings. The van der Waals surface area contributed by atoms with Crippen molar-refractivity contribution in [2.45, 2.75) is 12.3 Å². The average molecular weight is 256 g/mol. The van der Waals surface area contributed by atoms with Crippen molar-refractivity contribution in [1.82, 2.24) is 5.32 Å². The molecule has 0 atom stereocenters. The Morgan fingerprint density at radius 3 is 2.59 bits per heavy atom. The Balaban J connectivity index is 2.04. The van der Waals surface area contributed by atoms with Gasteiger partial charge < -0.3 is 10.1 Å². The minimum Gasteiger partial charge on any atom is -0.379 e. The fraction of sp³-hybridized carbons (Fsp3) is 0.538. The summed E-state index contributed by atoms with van der Waals surface area (Å²) in [5.74, 6) is 0.332. The number of benzene rings is 1. The van der Waals surface area contributed by atoms with Crippen LogP contribution in [0.25, 0.3) is 0 Å². The van der Waals surface area contributed by atoms with E-state index in [4.69, 9.17) is 16.3 Å². The molecule has 17 heavy (non-hydrogen) atoms. The van der Waals surface area contributed by atoms with Gasteiger partial charge in [0.05, 0.1) is 13.2 Å². The van der Waals surface area contributed by atoms with Crippen molar-refractivity contribution >= 4 is 11.6 Å². The van der Waals surface area contributed by atoms with E-state index in [1.54, 1.807) is 19.1 Å². The van der Waals surface area contributed by atoms with Crippen LogP contribution in [0.1, 0.15) is 11.1 Å². The first-order chi connectivity index (χ1) is 8.13. The molecule has 0 bridgehead atoms. The molecule has 2 heterocycles. The molecule has 1 aromatic rings. The standard InChI is InChI=1S/C13H15ClFNO/c1-8-2-11(14)10(3-12(8)15)13(6-17-7-13)9-4-16-5-9/h2-3,9,16H,4-7H2,1H3. The molecule has 2 aliphatic heterocycles. The summed E-state index contributed by atoms with van der Waals surface area (Å²) < 4.78 is 19.1. The van der Waals surface area contributed by atoms with Gasteiger partial charge in [0.2, 0.25) is 0 Å². The zero-order valence-corrected chi connectivity index (χ0v) is 10.5. The van der Waals surface area contributed by atoms with Crippen molar-refractivity contribution in [2.75, 3.05) is 26.3 Å². The molecule has 2 nitrogen and oxygen atoms in total. The van der Waals surface area contributed by atoms with E-state index in [1.807, 2.05) is 0 Å². The van der Waals surface area contributed by atoms with Crippen LogP contribution in [0.4, 0.5) is 4.39 Å². The maximum absolute atomic E-state index is 13.7. The van der Waals surface area contributed by atoms with Crippen molar-refractivity contribution in [2.24, 2.45) is 5.92 Å². The van der Waals surface area contributed by atoms with Gasteiger partial charge in [-0.2, -0.15) is 0 Å². The van der Waals surface area contributed by atoms with E-state index < -0.39 is 0 Å². The smallest absolute Gasteiger partial charge is 0.126 e. The van der Waals surface area contributed by atoms with Crippen LogP contribution in [0.5, 0.6) is 0 Å². The van der Waals surface area contributed by atoms with E-state index in [2.05, 4.69) is 5.32 Å². The SMILES string of the molecule is Cc1cc(Cl)c(C2(C3CNC3)COC2)cc1F. The molecule has 92 valence electrons. The lowest BCUT2D eigenvalue weighted by Crippen LogP contribution is -2.62. The van der Waals surface area contributed by atoms with Gasteiger partial charge in [0.15, 0.2) is 0 Å². The second-order valence-electron chi connectivity index (χ2n) is 5.09. The second-order valence-corrected chi connectivity index (χ2v) is 5.49. The Kier molecular flexibility index (Phi) is 2.65. The third-order valence-electron chi connectivity index (χ3n) is 4.07. The summed E-state index contributed by atoms with van der Waals surface area (Å²) in [5, 5.41) is 3.92. The van der Waals surface area contributed by atoms with Crippen LogP contribution in [-0.4, -0.2) is 26.3 Å². The molecular weight excluding hydrogens is 241 g/mol. The lowest BCUT2D eigenvalue weighted by atomic mass is 9.66. The molecule has 2 saturated heterocycles. The second kappa shape index (κ2) is 3.94. The molecule has 0 amide bonds. The van der Waals surface area contributed by atoms with Crippen molar-refractivity contribution in [1.29, 1.82) is 0 Å². The number of hydrogen-bond acceptors (Lipinski definition) is 2. The first-order valence-corrected chi connectivity index (χ1v) is 6.26. The Morgan fingerprint density at radius 2 is 2.12 bits per heavy atom. The highest BCUT2D eigenvalue weighted by atomic mass is 35.5. The Morgan fingerprint density at radius 1 is 1.41 bits per heavy atom. The van der Waals surface area contributed by atoms with Crippen LogP contribution in [0.2, 0.25) is 5.02 Å². The van der Waals surface area contributed by atoms with Gasteiger partial charge in [0.25, 0.3) is 0 Å². The van der Waals surface area contributed by atoms with E-state index in [-0.39, 0.29) is 11.2 Å².